The summed E-state index contributed by atoms with van der Waals surface area (Å²) in [5, 5.41) is 10.6. The smallest absolute Gasteiger partial charge is 0.281 e. The highest BCUT2D eigenvalue weighted by molar-refractivity contribution is 7.80. The molecule has 0 aromatic heterocycles. The zero-order valence-electron chi connectivity index (χ0n) is 7.64. The first kappa shape index (κ1) is 11.3. The van der Waals surface area contributed by atoms with Crippen LogP contribution in [0.15, 0.2) is 18.2 Å². The number of benzene rings is 1. The van der Waals surface area contributed by atoms with Crippen LogP contribution in [-0.2, 0) is 0 Å². The summed E-state index contributed by atoms with van der Waals surface area (Å²) in [4.78, 5) is 20.5. The van der Waals surface area contributed by atoms with Gasteiger partial charge in [0, 0.05) is 11.6 Å². The molecule has 0 aliphatic heterocycles. The van der Waals surface area contributed by atoms with Crippen molar-refractivity contribution >= 4 is 24.6 Å². The number of rotatable bonds is 2. The lowest BCUT2D eigenvalue weighted by atomic mass is 10.1. The minimum atomic E-state index is -0.602. The molecule has 1 aromatic rings. The molecule has 0 aliphatic rings. The molecule has 0 aliphatic carbocycles. The van der Waals surface area contributed by atoms with E-state index in [1.54, 1.807) is 6.07 Å². The van der Waals surface area contributed by atoms with Crippen LogP contribution in [0.25, 0.3) is 0 Å². The summed E-state index contributed by atoms with van der Waals surface area (Å²) in [5.74, 6) is 5.74. The van der Waals surface area contributed by atoms with Crippen molar-refractivity contribution in [2.45, 2.75) is 0 Å². The Morgan fingerprint density at radius 2 is 2.27 bits per heavy atom. The lowest BCUT2D eigenvalue weighted by Crippen LogP contribution is -1.94. The molecule has 0 atom stereocenters. The van der Waals surface area contributed by atoms with Crippen LogP contribution < -0.4 is 0 Å². The van der Waals surface area contributed by atoms with Crippen molar-refractivity contribution in [3.8, 4) is 11.8 Å². The predicted octanol–water partition coefficient (Wildman–Crippen LogP) is 1.69. The van der Waals surface area contributed by atoms with E-state index in [9.17, 15) is 14.9 Å². The minimum Gasteiger partial charge on any atom is -0.298 e. The number of carbonyl (C=O) groups excluding carboxylic acids is 1. The Morgan fingerprint density at radius 3 is 2.80 bits per heavy atom. The molecule has 0 saturated carbocycles. The molecule has 0 heterocycles. The summed E-state index contributed by atoms with van der Waals surface area (Å²) in [6.45, 7) is 0. The molecule has 0 radical (unpaired) electrons. The number of aldehydes is 1. The number of nitrogens with zero attached hydrogens (tertiary/aromatic N) is 1. The van der Waals surface area contributed by atoms with Crippen LogP contribution in [0, 0.1) is 22.0 Å². The van der Waals surface area contributed by atoms with Crippen molar-refractivity contribution in [3.63, 3.8) is 0 Å². The first-order valence-corrected chi connectivity index (χ1v) is 4.65. The van der Waals surface area contributed by atoms with Gasteiger partial charge in [-0.3, -0.25) is 14.9 Å². The summed E-state index contributed by atoms with van der Waals surface area (Å²) >= 11 is 3.89. The Bertz CT molecular complexity index is 459. The van der Waals surface area contributed by atoms with Crippen LogP contribution in [0.4, 0.5) is 5.69 Å². The topological polar surface area (TPSA) is 60.2 Å². The summed E-state index contributed by atoms with van der Waals surface area (Å²) in [6.07, 6.45) is 0.452. The molecule has 1 aromatic carbocycles. The zero-order chi connectivity index (χ0) is 11.3. The highest BCUT2D eigenvalue weighted by atomic mass is 32.1. The van der Waals surface area contributed by atoms with Crippen molar-refractivity contribution < 1.29 is 9.72 Å². The van der Waals surface area contributed by atoms with Crippen molar-refractivity contribution in [3.05, 3.63) is 39.4 Å². The summed E-state index contributed by atoms with van der Waals surface area (Å²) in [5.41, 5.74) is 0.328. The van der Waals surface area contributed by atoms with Gasteiger partial charge in [0.05, 0.1) is 16.2 Å². The zero-order valence-corrected chi connectivity index (χ0v) is 8.53. The molecule has 0 amide bonds. The average Bonchev–Trinajstić information content (AvgIpc) is 2.25. The maximum Gasteiger partial charge on any atom is 0.281 e. The third kappa shape index (κ3) is 2.82. The monoisotopic (exact) mass is 221 g/mol. The van der Waals surface area contributed by atoms with Crippen LogP contribution >= 0.6 is 12.6 Å². The van der Waals surface area contributed by atoms with Crippen molar-refractivity contribution in [1.82, 2.24) is 0 Å². The van der Waals surface area contributed by atoms with Crippen LogP contribution in [0.2, 0.25) is 0 Å². The van der Waals surface area contributed by atoms with Crippen molar-refractivity contribution in [2.24, 2.45) is 0 Å². The van der Waals surface area contributed by atoms with Gasteiger partial charge in [0.1, 0.15) is 0 Å². The third-order valence-electron chi connectivity index (χ3n) is 1.67. The second-order valence-corrected chi connectivity index (χ2v) is 2.92. The van der Waals surface area contributed by atoms with Crippen LogP contribution in [-0.4, -0.2) is 17.0 Å². The molecule has 15 heavy (non-hydrogen) atoms. The first-order chi connectivity index (χ1) is 7.19. The molecule has 0 saturated heterocycles. The highest BCUT2D eigenvalue weighted by Crippen LogP contribution is 2.17. The molecule has 0 spiro atoms. The Kier molecular flexibility index (Phi) is 3.89. The van der Waals surface area contributed by atoms with Gasteiger partial charge in [-0.15, -0.1) is 0 Å². The highest BCUT2D eigenvalue weighted by Gasteiger charge is 2.12. The van der Waals surface area contributed by atoms with E-state index in [-0.39, 0.29) is 11.3 Å². The van der Waals surface area contributed by atoms with E-state index in [2.05, 4.69) is 24.5 Å². The number of thiol groups is 1. The molecular weight excluding hydrogens is 214 g/mol. The van der Waals surface area contributed by atoms with Crippen molar-refractivity contribution in [1.29, 1.82) is 0 Å². The summed E-state index contributed by atoms with van der Waals surface area (Å²) in [7, 11) is 0. The van der Waals surface area contributed by atoms with E-state index in [4.69, 9.17) is 0 Å². The predicted molar refractivity (Wildman–Crippen MR) is 59.2 cm³/mol. The maximum absolute atomic E-state index is 10.6. The Morgan fingerprint density at radius 1 is 1.53 bits per heavy atom. The Balaban J connectivity index is 3.21. The molecule has 0 fully saturated rings. The fourth-order valence-electron chi connectivity index (χ4n) is 1.02. The molecule has 76 valence electrons. The normalized spacial score (nSPS) is 8.87. The van der Waals surface area contributed by atoms with Gasteiger partial charge >= 0.3 is 0 Å². The van der Waals surface area contributed by atoms with E-state index in [0.717, 1.165) is 0 Å². The maximum atomic E-state index is 10.6. The molecule has 1 rings (SSSR count). The van der Waals surface area contributed by atoms with Gasteiger partial charge in [0.2, 0.25) is 0 Å². The van der Waals surface area contributed by atoms with Gasteiger partial charge in [-0.2, -0.15) is 12.6 Å². The van der Waals surface area contributed by atoms with Crippen LogP contribution in [0.5, 0.6) is 0 Å². The van der Waals surface area contributed by atoms with Crippen LogP contribution in [0.3, 0.4) is 0 Å². The molecular formula is C10H7NO3S. The lowest BCUT2D eigenvalue weighted by Gasteiger charge is -1.95. The molecule has 0 bridgehead atoms. The summed E-state index contributed by atoms with van der Waals surface area (Å²) < 4.78 is 0. The molecule has 0 N–H and O–H groups in total. The van der Waals surface area contributed by atoms with Gasteiger partial charge in [0.25, 0.3) is 5.69 Å². The number of hydrogen-bond donors (Lipinski definition) is 1. The van der Waals surface area contributed by atoms with E-state index < -0.39 is 4.92 Å². The quantitative estimate of drug-likeness (QED) is 0.272. The number of nitro benzene ring substituents is 1. The Labute approximate surface area is 91.9 Å². The molecule has 5 heteroatoms. The first-order valence-electron chi connectivity index (χ1n) is 4.02. The third-order valence-corrected chi connectivity index (χ3v) is 1.82. The second-order valence-electron chi connectivity index (χ2n) is 2.61. The average molecular weight is 221 g/mol. The van der Waals surface area contributed by atoms with Gasteiger partial charge in [0.15, 0.2) is 6.29 Å². The number of carbonyl (C=O) groups is 1. The van der Waals surface area contributed by atoms with E-state index in [1.807, 2.05) is 0 Å². The van der Waals surface area contributed by atoms with Gasteiger partial charge in [-0.05, 0) is 12.1 Å². The summed E-state index contributed by atoms with van der Waals surface area (Å²) in [6, 6.07) is 4.22. The fourth-order valence-corrected chi connectivity index (χ4v) is 1.10. The standard InChI is InChI=1S/C10H7NO3S/c12-7-9-4-3-8(2-1-5-15)6-10(9)11(13)14/h3-4,6-7,15H,5H2. The number of nitro groups is 1. The Hall–Kier alpha value is -1.80. The lowest BCUT2D eigenvalue weighted by molar-refractivity contribution is -0.385. The van der Waals surface area contributed by atoms with E-state index in [0.29, 0.717) is 17.6 Å². The minimum absolute atomic E-state index is 0.0522. The van der Waals surface area contributed by atoms with Crippen LogP contribution in [0.1, 0.15) is 15.9 Å². The van der Waals surface area contributed by atoms with Crippen molar-refractivity contribution in [2.75, 3.05) is 5.75 Å². The van der Waals surface area contributed by atoms with Gasteiger partial charge in [-0.1, -0.05) is 11.8 Å². The fraction of sp³-hybridized carbons (Fsp3) is 0.100. The van der Waals surface area contributed by atoms with E-state index >= 15 is 0 Å². The molecule has 4 nitrogen and oxygen atoms in total. The SMILES string of the molecule is O=Cc1ccc(C#CCS)cc1[N+](=O)[O-]. The second kappa shape index (κ2) is 5.17. The van der Waals surface area contributed by atoms with E-state index in [1.165, 1.54) is 12.1 Å². The van der Waals surface area contributed by atoms with Gasteiger partial charge in [-0.25, -0.2) is 0 Å². The molecule has 0 unspecified atom stereocenters. The van der Waals surface area contributed by atoms with Gasteiger partial charge < -0.3 is 0 Å². The largest absolute Gasteiger partial charge is 0.298 e. The number of hydrogen-bond acceptors (Lipinski definition) is 4.